The van der Waals surface area contributed by atoms with Gasteiger partial charge in [-0.3, -0.25) is 4.79 Å². The van der Waals surface area contributed by atoms with Crippen molar-refractivity contribution in [2.75, 3.05) is 6.61 Å². The number of hydrogen-bond donors (Lipinski definition) is 1. The molecule has 2 atom stereocenters. The van der Waals surface area contributed by atoms with Crippen LogP contribution < -0.4 is 21.5 Å². The lowest BCUT2D eigenvalue weighted by atomic mass is 9.91. The van der Waals surface area contributed by atoms with Gasteiger partial charge in [0.2, 0.25) is 0 Å². The van der Waals surface area contributed by atoms with Crippen LogP contribution in [0.2, 0.25) is 0 Å². The standard InChI is InChI=1S/C22H27N2O3S.BrH/c1-17-23(11-12-24(17)16-18-8-9-18)13-14-27-21(25)20(19-6-3-2-4-7-19)22(26)10-5-15-28-22;/h2-7,11-12,15,18,20,26H,8-10,13-14,16H2,1H3;1H/q+1;/p-1. The smallest absolute Gasteiger partial charge is 0.317 e. The van der Waals surface area contributed by atoms with Crippen LogP contribution >= 0.6 is 11.8 Å². The second-order valence-electron chi connectivity index (χ2n) is 7.68. The van der Waals surface area contributed by atoms with Crippen LogP contribution in [-0.2, 0) is 22.6 Å². The number of nitrogens with zero attached hydrogens (tertiary/aromatic N) is 2. The van der Waals surface area contributed by atoms with Crippen LogP contribution in [-0.4, -0.2) is 27.2 Å². The van der Waals surface area contributed by atoms with Crippen LogP contribution in [0.25, 0.3) is 0 Å². The number of aliphatic hydroxyl groups is 1. The van der Waals surface area contributed by atoms with E-state index >= 15 is 0 Å². The SMILES string of the molecule is Cc1n(CCOC(=O)C(c2ccccc2)C2(O)CC=CS2)cc[n+]1CC1CC1.[Br-]. The van der Waals surface area contributed by atoms with Gasteiger partial charge in [-0.1, -0.05) is 48.2 Å². The van der Waals surface area contributed by atoms with Gasteiger partial charge in [-0.25, -0.2) is 9.13 Å². The normalized spacial score (nSPS) is 21.6. The first kappa shape index (κ1) is 22.1. The molecule has 5 nitrogen and oxygen atoms in total. The summed E-state index contributed by atoms with van der Waals surface area (Å²) in [6.07, 6.45) is 9.13. The molecule has 29 heavy (non-hydrogen) atoms. The number of carbonyl (C=O) groups is 1. The number of halogens is 1. The summed E-state index contributed by atoms with van der Waals surface area (Å²) >= 11 is 1.29. The molecule has 2 aromatic rings. The van der Waals surface area contributed by atoms with E-state index in [0.29, 0.717) is 13.0 Å². The summed E-state index contributed by atoms with van der Waals surface area (Å²) in [6, 6.07) is 9.42. The number of aromatic nitrogens is 2. The molecule has 1 aromatic carbocycles. The Morgan fingerprint density at radius 3 is 2.79 bits per heavy atom. The van der Waals surface area contributed by atoms with Gasteiger partial charge in [-0.15, -0.1) is 0 Å². The van der Waals surface area contributed by atoms with E-state index in [1.807, 2.05) is 48.0 Å². The summed E-state index contributed by atoms with van der Waals surface area (Å²) in [7, 11) is 0. The first-order valence-corrected chi connectivity index (χ1v) is 10.8. The fourth-order valence-electron chi connectivity index (χ4n) is 3.72. The van der Waals surface area contributed by atoms with E-state index in [9.17, 15) is 9.90 Å². The van der Waals surface area contributed by atoms with Gasteiger partial charge < -0.3 is 26.8 Å². The van der Waals surface area contributed by atoms with Crippen molar-refractivity contribution < 1.29 is 36.2 Å². The Kier molecular flexibility index (Phi) is 7.24. The Morgan fingerprint density at radius 2 is 2.14 bits per heavy atom. The van der Waals surface area contributed by atoms with Gasteiger partial charge in [0.1, 0.15) is 36.4 Å². The number of ether oxygens (including phenoxy) is 1. The average Bonchev–Trinajstić information content (AvgIpc) is 3.31. The second kappa shape index (κ2) is 9.49. The molecule has 0 bridgehead atoms. The number of carbonyl (C=O) groups excluding carboxylic acids is 1. The molecule has 0 amide bonds. The zero-order valence-electron chi connectivity index (χ0n) is 16.5. The third-order valence-electron chi connectivity index (χ3n) is 5.58. The minimum Gasteiger partial charge on any atom is -1.00 e. The maximum absolute atomic E-state index is 12.9. The Bertz CT molecular complexity index is 856. The summed E-state index contributed by atoms with van der Waals surface area (Å²) in [6.45, 7) is 4.07. The third-order valence-corrected chi connectivity index (χ3v) is 6.72. The second-order valence-corrected chi connectivity index (χ2v) is 8.90. The van der Waals surface area contributed by atoms with Crippen LogP contribution in [0.5, 0.6) is 0 Å². The highest BCUT2D eigenvalue weighted by atomic mass is 79.9. The van der Waals surface area contributed by atoms with Gasteiger partial charge >= 0.3 is 5.97 Å². The number of rotatable bonds is 8. The first-order valence-electron chi connectivity index (χ1n) is 9.89. The average molecular weight is 479 g/mol. The lowest BCUT2D eigenvalue weighted by Gasteiger charge is -2.30. The largest absolute Gasteiger partial charge is 1.00 e. The Labute approximate surface area is 186 Å². The Morgan fingerprint density at radius 1 is 1.38 bits per heavy atom. The predicted octanol–water partition coefficient (Wildman–Crippen LogP) is 0.164. The molecule has 7 heteroatoms. The Hall–Kier alpha value is -1.57. The summed E-state index contributed by atoms with van der Waals surface area (Å²) in [5.41, 5.74) is 0.783. The van der Waals surface area contributed by atoms with Crippen molar-refractivity contribution in [2.45, 2.75) is 50.1 Å². The molecule has 1 saturated carbocycles. The van der Waals surface area contributed by atoms with Crippen LogP contribution in [0.1, 0.15) is 36.6 Å². The lowest BCUT2D eigenvalue weighted by Crippen LogP contribution is -3.00. The van der Waals surface area contributed by atoms with E-state index in [0.717, 1.165) is 18.0 Å². The van der Waals surface area contributed by atoms with Gasteiger partial charge in [0, 0.05) is 13.3 Å². The molecule has 1 aliphatic heterocycles. The van der Waals surface area contributed by atoms with E-state index in [-0.39, 0.29) is 29.6 Å². The number of hydrogen-bond acceptors (Lipinski definition) is 4. The summed E-state index contributed by atoms with van der Waals surface area (Å²) in [5.74, 6) is 0.916. The molecule has 0 spiro atoms. The highest BCUT2D eigenvalue weighted by Crippen LogP contribution is 2.45. The predicted molar refractivity (Wildman–Crippen MR) is 109 cm³/mol. The maximum Gasteiger partial charge on any atom is 0.317 e. The molecular weight excluding hydrogens is 452 g/mol. The zero-order valence-corrected chi connectivity index (χ0v) is 18.9. The third kappa shape index (κ3) is 5.13. The summed E-state index contributed by atoms with van der Waals surface area (Å²) in [4.78, 5) is 11.7. The van der Waals surface area contributed by atoms with Gasteiger partial charge in [-0.05, 0) is 29.7 Å². The molecule has 4 rings (SSSR count). The highest BCUT2D eigenvalue weighted by molar-refractivity contribution is 8.03. The molecular formula is C22H27BrN2O3S. The molecule has 2 unspecified atom stereocenters. The van der Waals surface area contributed by atoms with Crippen LogP contribution in [0.15, 0.2) is 54.2 Å². The van der Waals surface area contributed by atoms with E-state index in [1.54, 1.807) is 0 Å². The van der Waals surface area contributed by atoms with Crippen molar-refractivity contribution in [3.8, 4) is 0 Å². The molecule has 1 N–H and O–H groups in total. The van der Waals surface area contributed by atoms with Gasteiger partial charge in [0.05, 0.1) is 6.54 Å². The van der Waals surface area contributed by atoms with Crippen molar-refractivity contribution in [1.82, 2.24) is 4.57 Å². The fourth-order valence-corrected chi connectivity index (χ4v) is 4.71. The van der Waals surface area contributed by atoms with E-state index < -0.39 is 10.9 Å². The molecule has 1 aliphatic carbocycles. The van der Waals surface area contributed by atoms with Crippen molar-refractivity contribution in [3.63, 3.8) is 0 Å². The van der Waals surface area contributed by atoms with Gasteiger partial charge in [0.25, 0.3) is 5.82 Å². The molecule has 1 aromatic heterocycles. The minimum atomic E-state index is -1.19. The molecule has 2 aliphatic rings. The summed E-state index contributed by atoms with van der Waals surface area (Å²) in [5, 5.41) is 12.9. The first-order chi connectivity index (χ1) is 13.6. The number of benzene rings is 1. The molecule has 1 fully saturated rings. The van der Waals surface area contributed by atoms with Crippen molar-refractivity contribution in [1.29, 1.82) is 0 Å². The van der Waals surface area contributed by atoms with Crippen LogP contribution in [0, 0.1) is 12.8 Å². The summed E-state index contributed by atoms with van der Waals surface area (Å²) < 4.78 is 10.0. The van der Waals surface area contributed by atoms with Gasteiger partial charge in [0.15, 0.2) is 0 Å². The van der Waals surface area contributed by atoms with Gasteiger partial charge in [-0.2, -0.15) is 0 Å². The van der Waals surface area contributed by atoms with Crippen molar-refractivity contribution in [3.05, 3.63) is 65.6 Å². The van der Waals surface area contributed by atoms with Crippen LogP contribution in [0.4, 0.5) is 0 Å². The van der Waals surface area contributed by atoms with Crippen LogP contribution in [0.3, 0.4) is 0 Å². The van der Waals surface area contributed by atoms with E-state index in [2.05, 4.69) is 22.3 Å². The molecule has 0 saturated heterocycles. The number of esters is 1. The molecule has 0 radical (unpaired) electrons. The fraction of sp³-hybridized carbons (Fsp3) is 0.455. The number of thioether (sulfide) groups is 1. The quantitative estimate of drug-likeness (QED) is 0.433. The molecule has 156 valence electrons. The number of imidazole rings is 1. The highest BCUT2D eigenvalue weighted by Gasteiger charge is 2.44. The lowest BCUT2D eigenvalue weighted by molar-refractivity contribution is -0.705. The molecule has 2 heterocycles. The maximum atomic E-state index is 12.9. The minimum absolute atomic E-state index is 0. The van der Waals surface area contributed by atoms with E-state index in [4.69, 9.17) is 4.74 Å². The van der Waals surface area contributed by atoms with E-state index in [1.165, 1.54) is 30.4 Å². The van der Waals surface area contributed by atoms with Crippen molar-refractivity contribution >= 4 is 17.7 Å². The van der Waals surface area contributed by atoms with Crippen molar-refractivity contribution in [2.24, 2.45) is 5.92 Å². The Balaban J connectivity index is 0.00000240. The topological polar surface area (TPSA) is 55.3 Å². The monoisotopic (exact) mass is 478 g/mol. The zero-order chi connectivity index (χ0) is 19.6.